The maximum atomic E-state index is 2.40. The lowest BCUT2D eigenvalue weighted by atomic mass is 9.71. The van der Waals surface area contributed by atoms with Gasteiger partial charge in [0.15, 0.2) is 0 Å². The van der Waals surface area contributed by atoms with E-state index in [-0.39, 0.29) is 5.41 Å². The van der Waals surface area contributed by atoms with Gasteiger partial charge in [-0.1, -0.05) is 145 Å². The summed E-state index contributed by atoms with van der Waals surface area (Å²) in [6.45, 7) is 4.41. The zero-order valence-electron chi connectivity index (χ0n) is 25.8. The molecule has 1 spiro atoms. The van der Waals surface area contributed by atoms with Crippen LogP contribution in [0, 0.1) is 13.8 Å². The third-order valence-electron chi connectivity index (χ3n) is 10.4. The summed E-state index contributed by atoms with van der Waals surface area (Å²) in [5.41, 5.74) is 17.2. The van der Waals surface area contributed by atoms with Gasteiger partial charge < -0.3 is 0 Å². The predicted molar refractivity (Wildman–Crippen MR) is 196 cm³/mol. The molecule has 8 aromatic rings. The standard InChI is InChI=1S/C45H30S/c1-27-24-28(2)26-29(25-27)41-30-12-3-5-14-32(30)42(33-15-6-4-13-31(33)41)36-18-11-21-39-43(36)34-16-7-9-19-37(34)45(39)38-20-10-8-17-35(38)44-40(45)22-23-46-44/h3-26H,1-2H3. The van der Waals surface area contributed by atoms with Gasteiger partial charge in [-0.3, -0.25) is 0 Å². The van der Waals surface area contributed by atoms with Crippen LogP contribution in [0.1, 0.15) is 33.4 Å². The van der Waals surface area contributed by atoms with Gasteiger partial charge >= 0.3 is 0 Å². The minimum atomic E-state index is -0.321. The number of rotatable bonds is 2. The fraction of sp³-hybridized carbons (Fsp3) is 0.0667. The van der Waals surface area contributed by atoms with Crippen molar-refractivity contribution in [3.05, 3.63) is 178 Å². The quantitative estimate of drug-likeness (QED) is 0.173. The molecule has 0 N–H and O–H groups in total. The summed E-state index contributed by atoms with van der Waals surface area (Å²) in [6, 6.07) is 52.8. The second kappa shape index (κ2) is 9.39. The van der Waals surface area contributed by atoms with Crippen molar-refractivity contribution < 1.29 is 0 Å². The van der Waals surface area contributed by atoms with E-state index < -0.39 is 0 Å². The molecular weight excluding hydrogens is 573 g/mol. The summed E-state index contributed by atoms with van der Waals surface area (Å²) in [4.78, 5) is 1.40. The van der Waals surface area contributed by atoms with Crippen molar-refractivity contribution in [1.82, 2.24) is 0 Å². The van der Waals surface area contributed by atoms with Crippen molar-refractivity contribution in [2.45, 2.75) is 19.3 Å². The number of hydrogen-bond acceptors (Lipinski definition) is 1. The summed E-state index contributed by atoms with van der Waals surface area (Å²) in [5.74, 6) is 0. The molecule has 0 amide bonds. The van der Waals surface area contributed by atoms with Gasteiger partial charge in [-0.25, -0.2) is 0 Å². The highest BCUT2D eigenvalue weighted by Gasteiger charge is 2.52. The topological polar surface area (TPSA) is 0 Å². The Bertz CT molecular complexity index is 2490. The van der Waals surface area contributed by atoms with Gasteiger partial charge in [-0.15, -0.1) is 11.3 Å². The lowest BCUT2D eigenvalue weighted by Crippen LogP contribution is -2.25. The predicted octanol–water partition coefficient (Wildman–Crippen LogP) is 12.3. The highest BCUT2D eigenvalue weighted by atomic mass is 32.1. The number of thiophene rings is 1. The van der Waals surface area contributed by atoms with Crippen LogP contribution in [0.15, 0.2) is 145 Å². The van der Waals surface area contributed by atoms with E-state index in [2.05, 4.69) is 159 Å². The lowest BCUT2D eigenvalue weighted by Gasteiger charge is -2.30. The second-order valence-electron chi connectivity index (χ2n) is 13.0. The van der Waals surface area contributed by atoms with Gasteiger partial charge in [0, 0.05) is 4.88 Å². The number of aryl methyl sites for hydroxylation is 2. The molecule has 0 aliphatic heterocycles. The summed E-state index contributed by atoms with van der Waals surface area (Å²) >= 11 is 1.87. The summed E-state index contributed by atoms with van der Waals surface area (Å²) < 4.78 is 0. The van der Waals surface area contributed by atoms with E-state index in [1.165, 1.54) is 98.7 Å². The molecule has 1 heteroatoms. The molecule has 1 unspecified atom stereocenters. The normalized spacial score (nSPS) is 15.7. The number of hydrogen-bond donors (Lipinski definition) is 0. The minimum absolute atomic E-state index is 0.321. The van der Waals surface area contributed by atoms with Crippen LogP contribution in [0.3, 0.4) is 0 Å². The first-order valence-corrected chi connectivity index (χ1v) is 17.0. The minimum Gasteiger partial charge on any atom is -0.143 e. The van der Waals surface area contributed by atoms with Crippen molar-refractivity contribution >= 4 is 32.9 Å². The van der Waals surface area contributed by atoms with Crippen molar-refractivity contribution in [1.29, 1.82) is 0 Å². The van der Waals surface area contributed by atoms with Crippen molar-refractivity contribution in [3.63, 3.8) is 0 Å². The Labute approximate surface area is 273 Å². The maximum absolute atomic E-state index is 2.40. The molecule has 1 atom stereocenters. The zero-order chi connectivity index (χ0) is 30.6. The molecule has 0 fully saturated rings. The fourth-order valence-corrected chi connectivity index (χ4v) is 9.93. The van der Waals surface area contributed by atoms with Crippen molar-refractivity contribution in [2.24, 2.45) is 0 Å². The molecule has 0 nitrogen and oxygen atoms in total. The third-order valence-corrected chi connectivity index (χ3v) is 11.4. The van der Waals surface area contributed by atoms with Gasteiger partial charge in [0.25, 0.3) is 0 Å². The SMILES string of the molecule is Cc1cc(C)cc(-c2c3ccccc3c(-c3cccc4c3-c3ccccc3C43c4ccccc4-c4sccc43)c3ccccc23)c1. The van der Waals surface area contributed by atoms with Gasteiger partial charge in [0.2, 0.25) is 0 Å². The lowest BCUT2D eigenvalue weighted by molar-refractivity contribution is 0.796. The zero-order valence-corrected chi connectivity index (χ0v) is 26.6. The molecular formula is C45H30S. The average Bonchev–Trinajstić information content (AvgIpc) is 3.76. The Morgan fingerprint density at radius 1 is 0.413 bits per heavy atom. The van der Waals surface area contributed by atoms with Crippen LogP contribution in [0.25, 0.3) is 65.4 Å². The first kappa shape index (κ1) is 26.0. The van der Waals surface area contributed by atoms with Crippen LogP contribution in [-0.4, -0.2) is 0 Å². The highest BCUT2D eigenvalue weighted by molar-refractivity contribution is 7.14. The maximum Gasteiger partial charge on any atom is 0.0734 e. The van der Waals surface area contributed by atoms with E-state index in [1.54, 1.807) is 0 Å². The van der Waals surface area contributed by atoms with Crippen LogP contribution in [0.5, 0.6) is 0 Å². The largest absolute Gasteiger partial charge is 0.143 e. The summed E-state index contributed by atoms with van der Waals surface area (Å²) in [5, 5.41) is 7.47. The smallest absolute Gasteiger partial charge is 0.0734 e. The molecule has 0 saturated heterocycles. The molecule has 7 aromatic carbocycles. The van der Waals surface area contributed by atoms with Crippen molar-refractivity contribution in [2.75, 3.05) is 0 Å². The van der Waals surface area contributed by atoms with Crippen LogP contribution in [0.4, 0.5) is 0 Å². The first-order valence-electron chi connectivity index (χ1n) is 16.1. The van der Waals surface area contributed by atoms with E-state index >= 15 is 0 Å². The van der Waals surface area contributed by atoms with E-state index in [9.17, 15) is 0 Å². The Morgan fingerprint density at radius 3 is 1.61 bits per heavy atom. The van der Waals surface area contributed by atoms with Gasteiger partial charge in [0.1, 0.15) is 0 Å². The van der Waals surface area contributed by atoms with Gasteiger partial charge in [-0.2, -0.15) is 0 Å². The highest BCUT2D eigenvalue weighted by Crippen LogP contribution is 2.65. The van der Waals surface area contributed by atoms with Crippen molar-refractivity contribution in [3.8, 4) is 43.8 Å². The molecule has 1 heterocycles. The molecule has 2 aliphatic carbocycles. The summed E-state index contributed by atoms with van der Waals surface area (Å²) in [6.07, 6.45) is 0. The molecule has 1 aromatic heterocycles. The van der Waals surface area contributed by atoms with E-state index in [0.29, 0.717) is 0 Å². The monoisotopic (exact) mass is 602 g/mol. The Hall–Kier alpha value is -5.24. The number of fused-ring (bicyclic) bond motifs is 12. The fourth-order valence-electron chi connectivity index (χ4n) is 8.93. The Kier molecular flexibility index (Phi) is 5.31. The second-order valence-corrected chi connectivity index (χ2v) is 13.9. The molecule has 216 valence electrons. The molecule has 0 radical (unpaired) electrons. The Balaban J connectivity index is 1.36. The summed E-state index contributed by atoms with van der Waals surface area (Å²) in [7, 11) is 0. The van der Waals surface area contributed by atoms with Crippen LogP contribution in [-0.2, 0) is 5.41 Å². The van der Waals surface area contributed by atoms with E-state index in [0.717, 1.165) is 0 Å². The van der Waals surface area contributed by atoms with Crippen LogP contribution in [0.2, 0.25) is 0 Å². The molecule has 0 saturated carbocycles. The van der Waals surface area contributed by atoms with E-state index in [4.69, 9.17) is 0 Å². The van der Waals surface area contributed by atoms with Crippen LogP contribution >= 0.6 is 11.3 Å². The van der Waals surface area contributed by atoms with Gasteiger partial charge in [-0.05, 0) is 108 Å². The first-order chi connectivity index (χ1) is 22.7. The van der Waals surface area contributed by atoms with E-state index in [1.807, 2.05) is 11.3 Å². The third kappa shape index (κ3) is 3.23. The number of benzene rings is 7. The average molecular weight is 603 g/mol. The molecule has 2 aliphatic rings. The molecule has 46 heavy (non-hydrogen) atoms. The molecule has 0 bridgehead atoms. The van der Waals surface area contributed by atoms with Gasteiger partial charge in [0.05, 0.1) is 5.41 Å². The Morgan fingerprint density at radius 2 is 0.935 bits per heavy atom. The van der Waals surface area contributed by atoms with Crippen LogP contribution < -0.4 is 0 Å². The molecule has 10 rings (SSSR count).